The summed E-state index contributed by atoms with van der Waals surface area (Å²) in [5.74, 6) is -7.67. The largest absolute Gasteiger partial charge is 0.345 e. The number of nitrogens with one attached hydrogen (secondary N) is 1. The van der Waals surface area contributed by atoms with Gasteiger partial charge in [0, 0.05) is 0 Å². The van der Waals surface area contributed by atoms with Crippen LogP contribution in [0.1, 0.15) is 39.5 Å². The Balaban J connectivity index is 1.93. The minimum Gasteiger partial charge on any atom is -0.345 e. The summed E-state index contributed by atoms with van der Waals surface area (Å²) in [4.78, 5) is 12.2. The van der Waals surface area contributed by atoms with Gasteiger partial charge in [0.25, 0.3) is 5.91 Å². The third-order valence-electron chi connectivity index (χ3n) is 4.12. The quantitative estimate of drug-likeness (QED) is 0.310. The van der Waals surface area contributed by atoms with Crippen molar-refractivity contribution in [3.8, 4) is 0 Å². The van der Waals surface area contributed by atoms with Crippen LogP contribution in [-0.4, -0.2) is 5.91 Å². The smallest absolute Gasteiger partial charge is 0.257 e. The molecule has 0 bridgehead atoms. The molecule has 0 saturated carbocycles. The molecule has 2 nitrogen and oxygen atoms in total. The van der Waals surface area contributed by atoms with Crippen molar-refractivity contribution in [1.29, 1.82) is 0 Å². The monoisotopic (exact) mass is 449 g/mol. The first-order valence-corrected chi connectivity index (χ1v) is 8.30. The summed E-state index contributed by atoms with van der Waals surface area (Å²) in [6, 6.07) is 5.24. The van der Waals surface area contributed by atoms with Gasteiger partial charge in [0.05, 0.1) is 9.61 Å². The van der Waals surface area contributed by atoms with Gasteiger partial charge < -0.3 is 5.32 Å². The average Bonchev–Trinajstić information content (AvgIpc) is 2.93. The van der Waals surface area contributed by atoms with Crippen molar-refractivity contribution in [2.24, 2.45) is 0 Å². The molecule has 1 N–H and O–H groups in total. The molecule has 7 heteroatoms. The van der Waals surface area contributed by atoms with Gasteiger partial charge in [-0.1, -0.05) is 23.8 Å². The van der Waals surface area contributed by atoms with Crippen molar-refractivity contribution in [2.45, 2.75) is 25.8 Å². The maximum Gasteiger partial charge on any atom is 0.257 e. The van der Waals surface area contributed by atoms with E-state index in [9.17, 15) is 22.4 Å². The van der Waals surface area contributed by atoms with Crippen LogP contribution in [0.3, 0.4) is 0 Å². The summed E-state index contributed by atoms with van der Waals surface area (Å²) < 4.78 is 54.3. The topological polar surface area (TPSA) is 29.1 Å². The average molecular weight is 449 g/mol. The Morgan fingerprint density at radius 1 is 1.12 bits per heavy atom. The van der Waals surface area contributed by atoms with Crippen LogP contribution >= 0.6 is 22.6 Å². The SMILES string of the molecule is Cc1ccc2c(c1)CC[C@H]2NC(=O)c1c(F)c(F)c(I)c(F)c1F. The van der Waals surface area contributed by atoms with Crippen molar-refractivity contribution in [3.05, 3.63) is 67.3 Å². The summed E-state index contributed by atoms with van der Waals surface area (Å²) in [6.45, 7) is 1.94. The fourth-order valence-electron chi connectivity index (χ4n) is 2.93. The van der Waals surface area contributed by atoms with E-state index in [4.69, 9.17) is 0 Å². The van der Waals surface area contributed by atoms with Crippen molar-refractivity contribution in [1.82, 2.24) is 5.32 Å². The molecule has 24 heavy (non-hydrogen) atoms. The van der Waals surface area contributed by atoms with Gasteiger partial charge in [-0.2, -0.15) is 0 Å². The molecule has 0 heterocycles. The Labute approximate surface area is 149 Å². The fraction of sp³-hybridized carbons (Fsp3) is 0.235. The van der Waals surface area contributed by atoms with Gasteiger partial charge in [-0.15, -0.1) is 0 Å². The van der Waals surface area contributed by atoms with Gasteiger partial charge >= 0.3 is 0 Å². The number of carbonyl (C=O) groups excluding carboxylic acids is 1. The lowest BCUT2D eigenvalue weighted by atomic mass is 10.0. The first-order valence-electron chi connectivity index (χ1n) is 7.23. The second-order valence-corrected chi connectivity index (χ2v) is 6.79. The van der Waals surface area contributed by atoms with Crippen LogP contribution in [0, 0.1) is 33.8 Å². The highest BCUT2D eigenvalue weighted by atomic mass is 127. The van der Waals surface area contributed by atoms with Crippen molar-refractivity contribution >= 4 is 28.5 Å². The molecule has 0 radical (unpaired) electrons. The highest BCUT2D eigenvalue weighted by molar-refractivity contribution is 14.1. The lowest BCUT2D eigenvalue weighted by Gasteiger charge is -2.16. The number of rotatable bonds is 2. The number of hydrogen-bond donors (Lipinski definition) is 1. The molecule has 1 aliphatic rings. The van der Waals surface area contributed by atoms with Crippen molar-refractivity contribution in [3.63, 3.8) is 0 Å². The Morgan fingerprint density at radius 2 is 1.75 bits per heavy atom. The summed E-state index contributed by atoms with van der Waals surface area (Å²) in [5, 5.41) is 2.47. The number of hydrogen-bond acceptors (Lipinski definition) is 1. The van der Waals surface area contributed by atoms with E-state index in [1.165, 1.54) is 0 Å². The maximum absolute atomic E-state index is 13.9. The van der Waals surface area contributed by atoms with Crippen molar-refractivity contribution < 1.29 is 22.4 Å². The minimum absolute atomic E-state index is 0.447. The molecule has 0 saturated heterocycles. The molecule has 0 fully saturated rings. The molecule has 1 atom stereocenters. The Hall–Kier alpha value is -1.64. The highest BCUT2D eigenvalue weighted by Crippen LogP contribution is 2.32. The number of halogens is 5. The Kier molecular flexibility index (Phi) is 4.54. The van der Waals surface area contributed by atoms with Crippen LogP contribution < -0.4 is 5.32 Å². The van der Waals surface area contributed by atoms with E-state index in [-0.39, 0.29) is 0 Å². The number of fused-ring (bicyclic) bond motifs is 1. The van der Waals surface area contributed by atoms with Crippen molar-refractivity contribution in [2.75, 3.05) is 0 Å². The van der Waals surface area contributed by atoms with Gasteiger partial charge in [-0.3, -0.25) is 4.79 Å². The first kappa shape index (κ1) is 17.2. The van der Waals surface area contributed by atoms with E-state index in [0.717, 1.165) is 39.3 Å². The van der Waals surface area contributed by atoms with Gasteiger partial charge in [0.2, 0.25) is 0 Å². The molecule has 2 aromatic rings. The zero-order valence-electron chi connectivity index (χ0n) is 12.5. The summed E-state index contributed by atoms with van der Waals surface area (Å²) in [5.41, 5.74) is 1.73. The zero-order chi connectivity index (χ0) is 17.6. The van der Waals surface area contributed by atoms with Crippen LogP contribution in [0.25, 0.3) is 0 Å². The van der Waals surface area contributed by atoms with Gasteiger partial charge in [0.15, 0.2) is 23.3 Å². The summed E-state index contributed by atoms with van der Waals surface area (Å²) in [6.07, 6.45) is 1.27. The highest BCUT2D eigenvalue weighted by Gasteiger charge is 2.31. The molecule has 3 rings (SSSR count). The molecule has 0 aliphatic heterocycles. The number of carbonyl (C=O) groups is 1. The molecule has 0 aromatic heterocycles. The van der Waals surface area contributed by atoms with E-state index in [0.29, 0.717) is 12.8 Å². The number of benzene rings is 2. The lowest BCUT2D eigenvalue weighted by molar-refractivity contribution is 0.0925. The van der Waals surface area contributed by atoms with E-state index in [1.807, 2.05) is 25.1 Å². The molecular weight excluding hydrogens is 437 g/mol. The maximum atomic E-state index is 13.9. The van der Waals surface area contributed by atoms with E-state index < -0.39 is 44.4 Å². The predicted molar refractivity (Wildman–Crippen MR) is 88.7 cm³/mol. The molecule has 126 valence electrons. The van der Waals surface area contributed by atoms with Gasteiger partial charge in [0.1, 0.15) is 5.56 Å². The van der Waals surface area contributed by atoms with E-state index >= 15 is 0 Å². The third-order valence-corrected chi connectivity index (χ3v) is 5.07. The molecule has 1 aliphatic carbocycles. The van der Waals surface area contributed by atoms with Crippen LogP contribution in [0.15, 0.2) is 18.2 Å². The molecule has 2 aromatic carbocycles. The summed E-state index contributed by atoms with van der Waals surface area (Å²) in [7, 11) is 0. The Morgan fingerprint density at radius 3 is 2.38 bits per heavy atom. The van der Waals surface area contributed by atoms with Crippen LogP contribution in [0.2, 0.25) is 0 Å². The third kappa shape index (κ3) is 2.78. The van der Waals surface area contributed by atoms with E-state index in [2.05, 4.69) is 5.32 Å². The van der Waals surface area contributed by atoms with Gasteiger partial charge in [-0.25, -0.2) is 17.6 Å². The Bertz CT molecular complexity index is 824. The normalized spacial score (nSPS) is 16.2. The standard InChI is InChI=1S/C17H12F4INO/c1-7-2-4-9-8(6-7)3-5-10(9)23-17(24)11-12(18)14(20)16(22)15(21)13(11)19/h2,4,6,10H,3,5H2,1H3,(H,23,24)/t10-/m1/s1. The van der Waals surface area contributed by atoms with Gasteiger partial charge in [-0.05, 0) is 53.5 Å². The molecule has 0 unspecified atom stereocenters. The zero-order valence-corrected chi connectivity index (χ0v) is 14.7. The van der Waals surface area contributed by atoms with Crippen LogP contribution in [0.4, 0.5) is 17.6 Å². The molecule has 0 spiro atoms. The summed E-state index contributed by atoms with van der Waals surface area (Å²) >= 11 is 1.15. The predicted octanol–water partition coefficient (Wildman–Crippen LogP) is 4.57. The second-order valence-electron chi connectivity index (χ2n) is 5.71. The lowest BCUT2D eigenvalue weighted by Crippen LogP contribution is -2.30. The number of amides is 1. The minimum atomic E-state index is -1.68. The number of aryl methyl sites for hydroxylation is 2. The van der Waals surface area contributed by atoms with Crippen LogP contribution in [0.5, 0.6) is 0 Å². The fourth-order valence-corrected chi connectivity index (χ4v) is 3.40. The van der Waals surface area contributed by atoms with Crippen LogP contribution in [-0.2, 0) is 6.42 Å². The molecule has 1 amide bonds. The van der Waals surface area contributed by atoms with E-state index in [1.54, 1.807) is 0 Å². The first-order chi connectivity index (χ1) is 11.3. The second kappa shape index (κ2) is 6.34. The molecular formula is C17H12F4INO.